The average Bonchev–Trinajstić information content (AvgIpc) is 2.35. The van der Waals surface area contributed by atoms with E-state index >= 15 is 0 Å². The van der Waals surface area contributed by atoms with Crippen molar-refractivity contribution in [3.05, 3.63) is 0 Å². The van der Waals surface area contributed by atoms with E-state index in [9.17, 15) is 56.7 Å². The van der Waals surface area contributed by atoms with E-state index in [0.717, 1.165) is 6.92 Å². The SMILES string of the molecule is CCOS(=O)(=O)OC1(F)C(F)(F)C(F)(F)C(F)(F)C(F)(F)C1(F)F. The van der Waals surface area contributed by atoms with Gasteiger partial charge in [0.1, 0.15) is 0 Å². The van der Waals surface area contributed by atoms with Crippen LogP contribution in [0.3, 0.4) is 0 Å². The molecule has 1 rings (SSSR count). The Labute approximate surface area is 125 Å². The van der Waals surface area contributed by atoms with Gasteiger partial charge in [-0.25, -0.2) is 4.18 Å². The third kappa shape index (κ3) is 2.14. The lowest BCUT2D eigenvalue weighted by atomic mass is 9.79. The van der Waals surface area contributed by atoms with Crippen molar-refractivity contribution in [1.82, 2.24) is 0 Å². The van der Waals surface area contributed by atoms with Crippen LogP contribution in [0.4, 0.5) is 48.3 Å². The Morgan fingerprint density at radius 3 is 1.25 bits per heavy atom. The van der Waals surface area contributed by atoms with Gasteiger partial charge in [0.2, 0.25) is 0 Å². The lowest BCUT2D eigenvalue weighted by Crippen LogP contribution is -2.84. The second-order valence-corrected chi connectivity index (χ2v) is 5.58. The van der Waals surface area contributed by atoms with Crippen molar-refractivity contribution >= 4 is 10.4 Å². The fourth-order valence-electron chi connectivity index (χ4n) is 1.61. The van der Waals surface area contributed by atoms with Crippen molar-refractivity contribution in [3.63, 3.8) is 0 Å². The summed E-state index contributed by atoms with van der Waals surface area (Å²) in [6.07, 6.45) is 0. The summed E-state index contributed by atoms with van der Waals surface area (Å²) in [7, 11) is -6.32. The summed E-state index contributed by atoms with van der Waals surface area (Å²) in [6.45, 7) is -0.376. The van der Waals surface area contributed by atoms with Crippen molar-refractivity contribution < 1.29 is 65.1 Å². The molecule has 0 spiro atoms. The first-order valence-electron chi connectivity index (χ1n) is 5.45. The summed E-state index contributed by atoms with van der Waals surface area (Å²) in [6, 6.07) is 0. The maximum atomic E-state index is 13.8. The maximum Gasteiger partial charge on any atom is 0.403 e. The summed E-state index contributed by atoms with van der Waals surface area (Å²) >= 11 is 0. The van der Waals surface area contributed by atoms with Crippen LogP contribution in [0.2, 0.25) is 0 Å². The number of halogens is 11. The topological polar surface area (TPSA) is 52.6 Å². The third-order valence-corrected chi connectivity index (χ3v) is 3.82. The molecule has 144 valence electrons. The number of rotatable bonds is 4. The Hall–Kier alpha value is -0.900. The molecule has 1 aliphatic rings. The third-order valence-electron chi connectivity index (χ3n) is 2.86. The highest BCUT2D eigenvalue weighted by atomic mass is 32.3. The van der Waals surface area contributed by atoms with E-state index in [0.29, 0.717) is 0 Å². The van der Waals surface area contributed by atoms with E-state index in [2.05, 4.69) is 8.37 Å². The molecule has 0 aromatic heterocycles. The quantitative estimate of drug-likeness (QED) is 0.674. The summed E-state index contributed by atoms with van der Waals surface area (Å²) in [5.41, 5.74) is 0. The molecule has 0 saturated heterocycles. The molecule has 0 unspecified atom stereocenters. The van der Waals surface area contributed by atoms with Gasteiger partial charge in [-0.1, -0.05) is 0 Å². The fourth-order valence-corrected chi connectivity index (χ4v) is 2.43. The molecule has 16 heteroatoms. The van der Waals surface area contributed by atoms with Crippen LogP contribution in [-0.2, 0) is 18.8 Å². The molecule has 4 nitrogen and oxygen atoms in total. The van der Waals surface area contributed by atoms with Gasteiger partial charge in [0.25, 0.3) is 0 Å². The zero-order valence-electron chi connectivity index (χ0n) is 10.9. The van der Waals surface area contributed by atoms with E-state index in [1.165, 1.54) is 0 Å². The summed E-state index contributed by atoms with van der Waals surface area (Å²) in [5, 5.41) is 0. The minimum absolute atomic E-state index is 0.736. The highest BCUT2D eigenvalue weighted by Crippen LogP contribution is 2.69. The summed E-state index contributed by atoms with van der Waals surface area (Å²) in [4.78, 5) is 0. The van der Waals surface area contributed by atoms with E-state index < -0.39 is 52.5 Å². The molecule has 1 aliphatic carbocycles. The van der Waals surface area contributed by atoms with Crippen LogP contribution in [0.25, 0.3) is 0 Å². The van der Waals surface area contributed by atoms with Gasteiger partial charge >= 0.3 is 45.9 Å². The van der Waals surface area contributed by atoms with Gasteiger partial charge in [0, 0.05) is 0 Å². The predicted octanol–water partition coefficient (Wildman–Crippen LogP) is 3.14. The minimum atomic E-state index is -7.46. The lowest BCUT2D eigenvalue weighted by molar-refractivity contribution is -0.513. The first-order chi connectivity index (χ1) is 10.3. The van der Waals surface area contributed by atoms with E-state index in [-0.39, 0.29) is 0 Å². The zero-order valence-corrected chi connectivity index (χ0v) is 11.7. The molecule has 0 aromatic rings. The largest absolute Gasteiger partial charge is 0.403 e. The average molecular weight is 406 g/mol. The van der Waals surface area contributed by atoms with E-state index in [1.807, 2.05) is 0 Å². The lowest BCUT2D eigenvalue weighted by Gasteiger charge is -2.51. The Kier molecular flexibility index (Phi) is 4.46. The van der Waals surface area contributed by atoms with E-state index in [4.69, 9.17) is 0 Å². The van der Waals surface area contributed by atoms with Crippen molar-refractivity contribution in [2.45, 2.75) is 42.4 Å². The molecule has 0 N–H and O–H groups in total. The molecule has 0 aromatic carbocycles. The molecular weight excluding hydrogens is 401 g/mol. The van der Waals surface area contributed by atoms with Gasteiger partial charge in [0.05, 0.1) is 6.61 Å². The molecule has 0 radical (unpaired) electrons. The van der Waals surface area contributed by atoms with Crippen LogP contribution in [-0.4, -0.2) is 50.5 Å². The molecular formula is C8H5F11O4S. The van der Waals surface area contributed by atoms with Gasteiger partial charge < -0.3 is 0 Å². The van der Waals surface area contributed by atoms with Crippen LogP contribution in [0.15, 0.2) is 0 Å². The van der Waals surface area contributed by atoms with Gasteiger partial charge in [-0.05, 0) is 6.92 Å². The summed E-state index contributed by atoms with van der Waals surface area (Å²) < 4.78 is 172. The molecule has 0 heterocycles. The Morgan fingerprint density at radius 2 is 0.958 bits per heavy atom. The second-order valence-electron chi connectivity index (χ2n) is 4.37. The first kappa shape index (κ1) is 21.1. The molecule has 1 fully saturated rings. The number of hydrogen-bond acceptors (Lipinski definition) is 4. The molecule has 0 atom stereocenters. The molecule has 1 saturated carbocycles. The number of alkyl halides is 11. The van der Waals surface area contributed by atoms with Gasteiger partial charge in [-0.15, -0.1) is 0 Å². The first-order valence-corrected chi connectivity index (χ1v) is 6.78. The van der Waals surface area contributed by atoms with Gasteiger partial charge in [-0.2, -0.15) is 60.9 Å². The zero-order chi connectivity index (χ0) is 19.6. The Morgan fingerprint density at radius 1 is 0.667 bits per heavy atom. The highest BCUT2D eigenvalue weighted by Gasteiger charge is 3.02. The van der Waals surface area contributed by atoms with Crippen molar-refractivity contribution in [2.24, 2.45) is 0 Å². The highest BCUT2D eigenvalue weighted by molar-refractivity contribution is 7.81. The van der Waals surface area contributed by atoms with Gasteiger partial charge in [-0.3, -0.25) is 0 Å². The Balaban J connectivity index is 3.76. The second kappa shape index (κ2) is 5.06. The smallest absolute Gasteiger partial charge is 0.248 e. The monoisotopic (exact) mass is 406 g/mol. The van der Waals surface area contributed by atoms with Crippen LogP contribution in [0, 0.1) is 0 Å². The van der Waals surface area contributed by atoms with Crippen LogP contribution >= 0.6 is 0 Å². The number of hydrogen-bond donors (Lipinski definition) is 0. The minimum Gasteiger partial charge on any atom is -0.248 e. The van der Waals surface area contributed by atoms with Crippen molar-refractivity contribution in [2.75, 3.05) is 6.61 Å². The van der Waals surface area contributed by atoms with Gasteiger partial charge in [0.15, 0.2) is 0 Å². The molecule has 0 bridgehead atoms. The normalized spacial score (nSPS) is 29.2. The van der Waals surface area contributed by atoms with Crippen LogP contribution in [0.5, 0.6) is 0 Å². The molecule has 0 aliphatic heterocycles. The molecule has 0 amide bonds. The summed E-state index contributed by atoms with van der Waals surface area (Å²) in [5.74, 6) is -44.3. The Bertz CT molecular complexity index is 584. The van der Waals surface area contributed by atoms with Crippen molar-refractivity contribution in [1.29, 1.82) is 0 Å². The van der Waals surface area contributed by atoms with Crippen molar-refractivity contribution in [3.8, 4) is 0 Å². The molecule has 24 heavy (non-hydrogen) atoms. The standard InChI is InChI=1S/C8H5F11O4S/c1-2-22-24(20,21)23-8(19)6(15,16)4(11,12)3(9,10)5(13,14)7(8,17)18/h2H2,1H3. The fraction of sp³-hybridized carbons (Fsp3) is 1.00. The van der Waals surface area contributed by atoms with E-state index in [1.54, 1.807) is 0 Å². The van der Waals surface area contributed by atoms with Crippen LogP contribution in [0.1, 0.15) is 6.92 Å². The van der Waals surface area contributed by atoms with Crippen LogP contribution < -0.4 is 0 Å². The maximum absolute atomic E-state index is 13.8. The predicted molar refractivity (Wildman–Crippen MR) is 50.2 cm³/mol.